The molecule has 27 heavy (non-hydrogen) atoms. The van der Waals surface area contributed by atoms with E-state index in [4.69, 9.17) is 0 Å². The molecule has 2 aromatic heterocycles. The second-order valence-corrected chi connectivity index (χ2v) is 8.89. The number of aromatic nitrogens is 3. The fourth-order valence-electron chi connectivity index (χ4n) is 3.17. The van der Waals surface area contributed by atoms with Crippen LogP contribution in [0.2, 0.25) is 0 Å². The van der Waals surface area contributed by atoms with Gasteiger partial charge >= 0.3 is 0 Å². The van der Waals surface area contributed by atoms with E-state index in [1.165, 1.54) is 6.33 Å². The monoisotopic (exact) mass is 367 g/mol. The quantitative estimate of drug-likeness (QED) is 0.524. The largest absolute Gasteiger partial charge is 0.300 e. The molecule has 1 aromatic carbocycles. The number of hydrogen-bond donors (Lipinski definition) is 0. The summed E-state index contributed by atoms with van der Waals surface area (Å²) in [5, 5.41) is 0. The molecule has 0 spiro atoms. The van der Waals surface area contributed by atoms with E-state index in [1.54, 1.807) is 29.7 Å². The van der Waals surface area contributed by atoms with Crippen molar-refractivity contribution in [1.29, 1.82) is 0 Å². The zero-order valence-corrected chi connectivity index (χ0v) is 16.7. The van der Waals surface area contributed by atoms with Crippen LogP contribution in [0.4, 0.5) is 0 Å². The van der Waals surface area contributed by atoms with Crippen molar-refractivity contribution in [3.05, 3.63) is 46.6 Å². The van der Waals surface area contributed by atoms with Crippen molar-refractivity contribution in [2.45, 2.75) is 53.5 Å². The van der Waals surface area contributed by atoms with E-state index in [2.05, 4.69) is 4.98 Å². The van der Waals surface area contributed by atoms with Gasteiger partial charge in [0, 0.05) is 11.0 Å². The molecule has 0 aliphatic rings. The predicted octanol–water partition coefficient (Wildman–Crippen LogP) is 3.59. The molecule has 142 valence electrons. The zero-order chi connectivity index (χ0) is 20.1. The smallest absolute Gasteiger partial charge is 0.278 e. The van der Waals surface area contributed by atoms with Crippen LogP contribution in [0.15, 0.2) is 35.4 Å². The molecule has 0 bridgehead atoms. The number of nitrogens with zero attached hydrogens (tertiary/aromatic N) is 3. The average Bonchev–Trinajstić information content (AvgIpc) is 2.98. The molecular formula is C21H25N3O3. The Morgan fingerprint density at radius 1 is 1.00 bits per heavy atom. The Bertz CT molecular complexity index is 1120. The van der Waals surface area contributed by atoms with Crippen molar-refractivity contribution in [3.8, 4) is 0 Å². The highest BCUT2D eigenvalue weighted by atomic mass is 16.2. The van der Waals surface area contributed by atoms with Gasteiger partial charge in [-0.15, -0.1) is 0 Å². The van der Waals surface area contributed by atoms with Gasteiger partial charge in [0.15, 0.2) is 5.78 Å². The standard InChI is InChI=1S/C21H25N3O3/c1-20(2,3)16(26)11-15(25)17-18-19(27)24(21(4,5)6)14-10-8-7-9-13(14)23(18)12-22-17/h7-10,12H,11H2,1-6H3. The van der Waals surface area contributed by atoms with Crippen molar-refractivity contribution in [2.75, 3.05) is 0 Å². The molecule has 6 heteroatoms. The van der Waals surface area contributed by atoms with Crippen LogP contribution < -0.4 is 5.56 Å². The van der Waals surface area contributed by atoms with E-state index in [1.807, 2.05) is 45.0 Å². The first-order chi connectivity index (χ1) is 12.4. The predicted molar refractivity (Wildman–Crippen MR) is 105 cm³/mol. The number of ketones is 2. The minimum absolute atomic E-state index is 0.0568. The first kappa shape index (κ1) is 19.0. The maximum Gasteiger partial charge on any atom is 0.278 e. The lowest BCUT2D eigenvalue weighted by molar-refractivity contribution is -0.125. The number of imidazole rings is 1. The van der Waals surface area contributed by atoms with Gasteiger partial charge in [-0.3, -0.25) is 23.4 Å². The molecule has 2 heterocycles. The van der Waals surface area contributed by atoms with Gasteiger partial charge in [0.05, 0.1) is 17.5 Å². The van der Waals surface area contributed by atoms with Crippen LogP contribution >= 0.6 is 0 Å². The molecule has 3 aromatic rings. The second-order valence-electron chi connectivity index (χ2n) is 8.89. The highest BCUT2D eigenvalue weighted by molar-refractivity contribution is 6.11. The molecule has 0 fully saturated rings. The third-order valence-electron chi connectivity index (χ3n) is 4.65. The van der Waals surface area contributed by atoms with Gasteiger partial charge in [-0.05, 0) is 32.9 Å². The van der Waals surface area contributed by atoms with Crippen LogP contribution in [0.1, 0.15) is 58.5 Å². The van der Waals surface area contributed by atoms with Gasteiger partial charge < -0.3 is 0 Å². The minimum atomic E-state index is -0.622. The third kappa shape index (κ3) is 3.20. The molecular weight excluding hydrogens is 342 g/mol. The van der Waals surface area contributed by atoms with Crippen molar-refractivity contribution < 1.29 is 9.59 Å². The maximum atomic E-state index is 13.3. The molecule has 0 unspecified atom stereocenters. The zero-order valence-electron chi connectivity index (χ0n) is 16.7. The number of benzene rings is 1. The van der Waals surface area contributed by atoms with Gasteiger partial charge in [-0.25, -0.2) is 4.98 Å². The lowest BCUT2D eigenvalue weighted by atomic mass is 9.87. The van der Waals surface area contributed by atoms with E-state index in [-0.39, 0.29) is 29.0 Å². The summed E-state index contributed by atoms with van der Waals surface area (Å²) in [7, 11) is 0. The molecule has 0 aliphatic heterocycles. The number of fused-ring (bicyclic) bond motifs is 3. The molecule has 6 nitrogen and oxygen atoms in total. The first-order valence-corrected chi connectivity index (χ1v) is 9.00. The number of Topliss-reactive ketones (excluding diaryl/α,β-unsaturated/α-hetero) is 2. The maximum absolute atomic E-state index is 13.3. The summed E-state index contributed by atoms with van der Waals surface area (Å²) in [4.78, 5) is 42.6. The van der Waals surface area contributed by atoms with Gasteiger partial charge in [-0.2, -0.15) is 0 Å². The molecule has 0 saturated heterocycles. The van der Waals surface area contributed by atoms with Crippen LogP contribution in [0.25, 0.3) is 16.6 Å². The fourth-order valence-corrected chi connectivity index (χ4v) is 3.17. The normalized spacial score (nSPS) is 12.7. The SMILES string of the molecule is CC(C)(C)C(=O)CC(=O)c1ncn2c1c(=O)n(C(C)(C)C)c1ccccc12. The average molecular weight is 367 g/mol. The number of hydrogen-bond acceptors (Lipinski definition) is 4. The van der Waals surface area contributed by atoms with E-state index in [9.17, 15) is 14.4 Å². The molecule has 0 aliphatic carbocycles. The molecule has 0 saturated carbocycles. The Kier molecular flexibility index (Phi) is 4.33. The van der Waals surface area contributed by atoms with Gasteiger partial charge in [0.1, 0.15) is 23.3 Å². The van der Waals surface area contributed by atoms with Gasteiger partial charge in [0.25, 0.3) is 5.56 Å². The van der Waals surface area contributed by atoms with Crippen LogP contribution in [0.5, 0.6) is 0 Å². The van der Waals surface area contributed by atoms with Crippen molar-refractivity contribution in [2.24, 2.45) is 5.41 Å². The topological polar surface area (TPSA) is 73.4 Å². The summed E-state index contributed by atoms with van der Waals surface area (Å²) in [5.41, 5.74) is 0.440. The van der Waals surface area contributed by atoms with Crippen molar-refractivity contribution in [1.82, 2.24) is 14.0 Å². The van der Waals surface area contributed by atoms with Crippen molar-refractivity contribution in [3.63, 3.8) is 0 Å². The first-order valence-electron chi connectivity index (χ1n) is 9.00. The van der Waals surface area contributed by atoms with E-state index in [0.717, 1.165) is 11.0 Å². The van der Waals surface area contributed by atoms with Gasteiger partial charge in [0.2, 0.25) is 0 Å². The second kappa shape index (κ2) is 6.15. The van der Waals surface area contributed by atoms with Crippen LogP contribution in [-0.4, -0.2) is 25.5 Å². The Labute approximate surface area is 157 Å². The lowest BCUT2D eigenvalue weighted by Crippen LogP contribution is -2.35. The lowest BCUT2D eigenvalue weighted by Gasteiger charge is -2.25. The summed E-state index contributed by atoms with van der Waals surface area (Å²) in [6.07, 6.45) is 1.22. The van der Waals surface area contributed by atoms with E-state index >= 15 is 0 Å². The Morgan fingerprint density at radius 2 is 1.59 bits per heavy atom. The third-order valence-corrected chi connectivity index (χ3v) is 4.65. The number of carbonyl (C=O) groups excluding carboxylic acids is 2. The summed E-state index contributed by atoms with van der Waals surface area (Å²) in [6.45, 7) is 11.1. The van der Waals surface area contributed by atoms with Crippen LogP contribution in [-0.2, 0) is 10.3 Å². The molecule has 3 rings (SSSR count). The summed E-state index contributed by atoms with van der Waals surface area (Å²) >= 11 is 0. The Balaban J connectivity index is 2.30. The minimum Gasteiger partial charge on any atom is -0.300 e. The molecule has 0 atom stereocenters. The molecule has 0 amide bonds. The highest BCUT2D eigenvalue weighted by Gasteiger charge is 2.28. The van der Waals surface area contributed by atoms with Gasteiger partial charge in [-0.1, -0.05) is 32.9 Å². The summed E-state index contributed by atoms with van der Waals surface area (Å²) in [6, 6.07) is 7.52. The summed E-state index contributed by atoms with van der Waals surface area (Å²) < 4.78 is 3.33. The summed E-state index contributed by atoms with van der Waals surface area (Å²) in [5.74, 6) is -0.601. The van der Waals surface area contributed by atoms with E-state index in [0.29, 0.717) is 0 Å². The fraction of sp³-hybridized carbons (Fsp3) is 0.429. The highest BCUT2D eigenvalue weighted by Crippen LogP contribution is 2.24. The molecule has 0 N–H and O–H groups in total. The number of rotatable bonds is 3. The Hall–Kier alpha value is -2.76. The van der Waals surface area contributed by atoms with Crippen molar-refractivity contribution >= 4 is 28.1 Å². The Morgan fingerprint density at radius 3 is 2.15 bits per heavy atom. The van der Waals surface area contributed by atoms with Crippen LogP contribution in [0.3, 0.4) is 0 Å². The van der Waals surface area contributed by atoms with E-state index < -0.39 is 16.7 Å². The van der Waals surface area contributed by atoms with Crippen LogP contribution in [0, 0.1) is 5.41 Å². The number of carbonyl (C=O) groups is 2. The molecule has 0 radical (unpaired) electrons. The number of para-hydroxylation sites is 2.